The summed E-state index contributed by atoms with van der Waals surface area (Å²) in [5.74, 6) is -0.614. The molecular weight excluding hydrogens is 383 g/mol. The van der Waals surface area contributed by atoms with Crippen LogP contribution in [0.4, 0.5) is 10.1 Å². The molecule has 1 atom stereocenters. The van der Waals surface area contributed by atoms with Crippen molar-refractivity contribution >= 4 is 11.6 Å². The second-order valence-electron chi connectivity index (χ2n) is 8.18. The van der Waals surface area contributed by atoms with Crippen molar-refractivity contribution in [2.75, 3.05) is 65.4 Å². The number of piperazine rings is 1. The molecule has 162 valence electrons. The van der Waals surface area contributed by atoms with Crippen LogP contribution in [0.25, 0.3) is 0 Å². The molecule has 0 aliphatic carbocycles. The first-order valence-electron chi connectivity index (χ1n) is 10.5. The maximum absolute atomic E-state index is 13.7. The summed E-state index contributed by atoms with van der Waals surface area (Å²) in [6, 6.07) is 14.8. The Morgan fingerprint density at radius 1 is 1.10 bits per heavy atom. The fourth-order valence-corrected chi connectivity index (χ4v) is 3.82. The normalized spacial score (nSPS) is 19.7. The van der Waals surface area contributed by atoms with E-state index in [-0.39, 0.29) is 24.3 Å². The van der Waals surface area contributed by atoms with Crippen LogP contribution in [0.2, 0.25) is 0 Å². The number of benzene rings is 2. The number of nitrogens with one attached hydrogen (secondary N) is 3. The van der Waals surface area contributed by atoms with Crippen molar-refractivity contribution in [2.24, 2.45) is 0 Å². The van der Waals surface area contributed by atoms with E-state index in [0.717, 1.165) is 31.9 Å². The molecule has 1 amide bonds. The first-order chi connectivity index (χ1) is 14.4. The minimum atomic E-state index is -0.464. The zero-order chi connectivity index (χ0) is 21.5. The summed E-state index contributed by atoms with van der Waals surface area (Å²) in [7, 11) is 6.27. The number of anilines is 1. The van der Waals surface area contributed by atoms with Gasteiger partial charge in [0, 0.05) is 25.3 Å². The molecule has 0 aromatic heterocycles. The average molecular weight is 417 g/mol. The zero-order valence-corrected chi connectivity index (χ0v) is 18.1. The monoisotopic (exact) mass is 416 g/mol. The predicted octanol–water partition coefficient (Wildman–Crippen LogP) is -0.459. The van der Waals surface area contributed by atoms with Gasteiger partial charge in [-0.1, -0.05) is 24.3 Å². The second kappa shape index (κ2) is 10.4. The molecule has 0 unspecified atom stereocenters. The SMILES string of the molecule is CN(C)c1ccc([C@@H](CNC(=O)COc2ccccc2F)[NH+]2CC[NH+](C)CC2)cc1. The van der Waals surface area contributed by atoms with Gasteiger partial charge in [-0.05, 0) is 24.3 Å². The number of rotatable bonds is 8. The summed E-state index contributed by atoms with van der Waals surface area (Å²) in [4.78, 5) is 17.5. The Morgan fingerprint density at radius 2 is 1.77 bits per heavy atom. The molecule has 0 bridgehead atoms. The largest absolute Gasteiger partial charge is 0.481 e. The minimum absolute atomic E-state index is 0.0937. The van der Waals surface area contributed by atoms with Crippen molar-refractivity contribution in [1.29, 1.82) is 0 Å². The molecule has 1 aliphatic heterocycles. The third-order valence-electron chi connectivity index (χ3n) is 5.75. The van der Waals surface area contributed by atoms with E-state index in [4.69, 9.17) is 4.74 Å². The van der Waals surface area contributed by atoms with Crippen molar-refractivity contribution in [3.63, 3.8) is 0 Å². The standard InChI is InChI=1S/C23H31FN4O2/c1-26(2)19-10-8-18(9-11-19)21(28-14-12-27(3)13-15-28)16-25-23(29)17-30-22-7-5-4-6-20(22)24/h4-11,21H,12-17H2,1-3H3,(H,25,29)/p+2/t21-/m1/s1. The maximum Gasteiger partial charge on any atom is 0.258 e. The minimum Gasteiger partial charge on any atom is -0.481 e. The molecule has 1 aliphatic rings. The predicted molar refractivity (Wildman–Crippen MR) is 116 cm³/mol. The van der Waals surface area contributed by atoms with E-state index < -0.39 is 5.82 Å². The summed E-state index contributed by atoms with van der Waals surface area (Å²) < 4.78 is 19.0. The van der Waals surface area contributed by atoms with Crippen molar-refractivity contribution in [3.05, 3.63) is 59.9 Å². The number of nitrogens with zero attached hydrogens (tertiary/aromatic N) is 1. The summed E-state index contributed by atoms with van der Waals surface area (Å²) in [5, 5.41) is 2.99. The van der Waals surface area contributed by atoms with E-state index in [0.29, 0.717) is 6.54 Å². The summed E-state index contributed by atoms with van der Waals surface area (Å²) in [6.45, 7) is 4.68. The van der Waals surface area contributed by atoms with Gasteiger partial charge in [0.15, 0.2) is 18.2 Å². The van der Waals surface area contributed by atoms with Crippen LogP contribution in [-0.2, 0) is 4.79 Å². The quantitative estimate of drug-likeness (QED) is 0.546. The highest BCUT2D eigenvalue weighted by atomic mass is 19.1. The van der Waals surface area contributed by atoms with Gasteiger partial charge in [-0.2, -0.15) is 0 Å². The Kier molecular flexibility index (Phi) is 7.65. The number of carbonyl (C=O) groups excluding carboxylic acids is 1. The van der Waals surface area contributed by atoms with Crippen LogP contribution in [0, 0.1) is 5.82 Å². The van der Waals surface area contributed by atoms with Crippen molar-refractivity contribution in [3.8, 4) is 5.75 Å². The van der Waals surface area contributed by atoms with Crippen LogP contribution in [0.5, 0.6) is 5.75 Å². The van der Waals surface area contributed by atoms with Crippen molar-refractivity contribution in [2.45, 2.75) is 6.04 Å². The molecule has 30 heavy (non-hydrogen) atoms. The first kappa shape index (κ1) is 22.1. The number of amides is 1. The van der Waals surface area contributed by atoms with E-state index in [2.05, 4.69) is 41.5 Å². The van der Waals surface area contributed by atoms with Crippen LogP contribution in [0.15, 0.2) is 48.5 Å². The van der Waals surface area contributed by atoms with Crippen LogP contribution < -0.4 is 24.8 Å². The van der Waals surface area contributed by atoms with E-state index in [9.17, 15) is 9.18 Å². The molecule has 2 aromatic rings. The Labute approximate surface area is 178 Å². The van der Waals surface area contributed by atoms with Crippen LogP contribution in [-0.4, -0.2) is 66.4 Å². The molecule has 7 heteroatoms. The van der Waals surface area contributed by atoms with Gasteiger partial charge >= 0.3 is 0 Å². The first-order valence-corrected chi connectivity index (χ1v) is 10.5. The lowest BCUT2D eigenvalue weighted by Crippen LogP contribution is -3.27. The number of carbonyl (C=O) groups is 1. The number of hydrogen-bond donors (Lipinski definition) is 3. The lowest BCUT2D eigenvalue weighted by molar-refractivity contribution is -1.02. The third kappa shape index (κ3) is 5.93. The smallest absolute Gasteiger partial charge is 0.258 e. The number of hydrogen-bond acceptors (Lipinski definition) is 3. The number of likely N-dealkylation sites (N-methyl/N-ethyl adjacent to an activating group) is 1. The molecule has 3 N–H and O–H groups in total. The number of halogens is 1. The van der Waals surface area contributed by atoms with Gasteiger partial charge in [-0.3, -0.25) is 4.79 Å². The number of ether oxygens (including phenoxy) is 1. The van der Waals surface area contributed by atoms with E-state index in [1.807, 2.05) is 14.1 Å². The van der Waals surface area contributed by atoms with Crippen LogP contribution in [0.3, 0.4) is 0 Å². The molecule has 1 heterocycles. The lowest BCUT2D eigenvalue weighted by Gasteiger charge is -2.33. The molecule has 0 saturated carbocycles. The topological polar surface area (TPSA) is 50.5 Å². The molecule has 2 aromatic carbocycles. The van der Waals surface area contributed by atoms with Crippen molar-refractivity contribution < 1.29 is 23.7 Å². The zero-order valence-electron chi connectivity index (χ0n) is 18.1. The van der Waals surface area contributed by atoms with Crippen LogP contribution >= 0.6 is 0 Å². The fraction of sp³-hybridized carbons (Fsp3) is 0.435. The average Bonchev–Trinajstić information content (AvgIpc) is 2.75. The van der Waals surface area contributed by atoms with Gasteiger partial charge in [-0.15, -0.1) is 0 Å². The highest BCUT2D eigenvalue weighted by Crippen LogP contribution is 2.17. The second-order valence-corrected chi connectivity index (χ2v) is 8.18. The Morgan fingerprint density at radius 3 is 2.40 bits per heavy atom. The van der Waals surface area contributed by atoms with E-state index in [1.54, 1.807) is 17.0 Å². The fourth-order valence-electron chi connectivity index (χ4n) is 3.82. The Balaban J connectivity index is 1.63. The molecular formula is C23H33FN4O2+2. The van der Waals surface area contributed by atoms with Gasteiger partial charge in [0.2, 0.25) is 0 Å². The lowest BCUT2D eigenvalue weighted by atomic mass is 10.0. The third-order valence-corrected chi connectivity index (χ3v) is 5.75. The van der Waals surface area contributed by atoms with Crippen molar-refractivity contribution in [1.82, 2.24) is 5.32 Å². The summed E-state index contributed by atoms with van der Waals surface area (Å²) in [5.41, 5.74) is 2.36. The molecule has 0 spiro atoms. The van der Waals surface area contributed by atoms with Gasteiger partial charge in [-0.25, -0.2) is 4.39 Å². The van der Waals surface area contributed by atoms with Gasteiger partial charge in [0.1, 0.15) is 32.2 Å². The summed E-state index contributed by atoms with van der Waals surface area (Å²) >= 11 is 0. The molecule has 3 rings (SSSR count). The molecule has 1 saturated heterocycles. The molecule has 1 fully saturated rings. The number of quaternary nitrogens is 2. The Hall–Kier alpha value is -2.64. The Bertz CT molecular complexity index is 820. The van der Waals surface area contributed by atoms with Gasteiger partial charge in [0.25, 0.3) is 5.91 Å². The summed E-state index contributed by atoms with van der Waals surface area (Å²) in [6.07, 6.45) is 0. The van der Waals surface area contributed by atoms with E-state index >= 15 is 0 Å². The molecule has 6 nitrogen and oxygen atoms in total. The van der Waals surface area contributed by atoms with E-state index in [1.165, 1.54) is 22.6 Å². The highest BCUT2D eigenvalue weighted by molar-refractivity contribution is 5.77. The van der Waals surface area contributed by atoms with Crippen LogP contribution in [0.1, 0.15) is 11.6 Å². The maximum atomic E-state index is 13.7. The highest BCUT2D eigenvalue weighted by Gasteiger charge is 2.29. The molecule has 0 radical (unpaired) electrons. The van der Waals surface area contributed by atoms with Gasteiger partial charge in [0.05, 0.1) is 13.6 Å². The van der Waals surface area contributed by atoms with Gasteiger partial charge < -0.3 is 24.8 Å². The number of para-hydroxylation sites is 1.